The number of aryl methyl sites for hydroxylation is 1. The molecule has 29 heavy (non-hydrogen) atoms. The van der Waals surface area contributed by atoms with Gasteiger partial charge in [0.15, 0.2) is 5.13 Å². The molecule has 3 aromatic heterocycles. The highest BCUT2D eigenvalue weighted by Crippen LogP contribution is 2.26. The zero-order valence-corrected chi connectivity index (χ0v) is 16.2. The van der Waals surface area contributed by atoms with E-state index in [4.69, 9.17) is 9.78 Å². The van der Waals surface area contributed by atoms with Gasteiger partial charge in [0.1, 0.15) is 16.8 Å². The van der Waals surface area contributed by atoms with Crippen molar-refractivity contribution in [3.8, 4) is 17.5 Å². The molecule has 4 rings (SSSR count). The van der Waals surface area contributed by atoms with Gasteiger partial charge in [0.2, 0.25) is 17.6 Å². The molecule has 0 fully saturated rings. The van der Waals surface area contributed by atoms with E-state index in [0.29, 0.717) is 34.1 Å². The van der Waals surface area contributed by atoms with E-state index < -0.39 is 0 Å². The molecule has 1 amide bonds. The van der Waals surface area contributed by atoms with E-state index in [-0.39, 0.29) is 12.3 Å². The lowest BCUT2D eigenvalue weighted by molar-refractivity contribution is -0.115. The average Bonchev–Trinajstić information content (AvgIpc) is 3.36. The molecule has 0 saturated heterocycles. The third-order valence-electron chi connectivity index (χ3n) is 4.06. The van der Waals surface area contributed by atoms with E-state index in [1.54, 1.807) is 13.1 Å². The number of pyridine rings is 1. The Balaban J connectivity index is 1.44. The number of hydrogen-bond acceptors (Lipinski definition) is 9. The summed E-state index contributed by atoms with van der Waals surface area (Å²) in [5.74, 6) is 1.48. The Bertz CT molecular complexity index is 1220. The fourth-order valence-electron chi connectivity index (χ4n) is 2.72. The summed E-state index contributed by atoms with van der Waals surface area (Å²) < 4.78 is 5.05. The number of nitrogens with one attached hydrogen (secondary N) is 2. The molecule has 0 atom stereocenters. The predicted octanol–water partition coefficient (Wildman–Crippen LogP) is 3.36. The highest BCUT2D eigenvalue weighted by molar-refractivity contribution is 7.16. The second kappa shape index (κ2) is 8.04. The summed E-state index contributed by atoms with van der Waals surface area (Å²) in [7, 11) is 0. The molecule has 10 heteroatoms. The lowest BCUT2D eigenvalue weighted by atomic mass is 10.1. The van der Waals surface area contributed by atoms with Crippen LogP contribution in [-0.4, -0.2) is 32.6 Å². The van der Waals surface area contributed by atoms with Gasteiger partial charge in [-0.15, -0.1) is 0 Å². The zero-order valence-electron chi connectivity index (χ0n) is 15.3. The number of carbonyl (C=O) groups excluding carboxylic acids is 1. The first kappa shape index (κ1) is 18.5. The van der Waals surface area contributed by atoms with Crippen LogP contribution in [0.5, 0.6) is 0 Å². The Morgan fingerprint density at radius 3 is 2.97 bits per heavy atom. The van der Waals surface area contributed by atoms with Crippen molar-refractivity contribution in [2.24, 2.45) is 0 Å². The number of amides is 1. The molecule has 1 aromatic carbocycles. The lowest BCUT2D eigenvalue weighted by Crippen LogP contribution is -2.16. The van der Waals surface area contributed by atoms with Crippen LogP contribution in [0.1, 0.15) is 17.2 Å². The SMILES string of the molecule is Cc1nc(-c2ccc3ccnc(NCCC(=O)Nc4ncc(C#N)s4)c3c2)no1. The van der Waals surface area contributed by atoms with Gasteiger partial charge in [-0.05, 0) is 17.5 Å². The van der Waals surface area contributed by atoms with Gasteiger partial charge in [0.05, 0.1) is 6.20 Å². The minimum absolute atomic E-state index is 0.195. The Morgan fingerprint density at radius 1 is 1.31 bits per heavy atom. The smallest absolute Gasteiger partial charge is 0.227 e. The molecule has 0 aliphatic rings. The molecule has 0 unspecified atom stereocenters. The standard InChI is InChI=1S/C19H15N7O2S/c1-11-24-17(26-28-11)13-3-2-12-4-6-21-18(15(12)8-13)22-7-5-16(27)25-19-23-10-14(9-20)29-19/h2-4,6,8,10H,5,7H2,1H3,(H,21,22)(H,23,25,27). The van der Waals surface area contributed by atoms with Gasteiger partial charge >= 0.3 is 0 Å². The highest BCUT2D eigenvalue weighted by atomic mass is 32.1. The Hall–Kier alpha value is -3.84. The van der Waals surface area contributed by atoms with Gasteiger partial charge in [0, 0.05) is 37.0 Å². The highest BCUT2D eigenvalue weighted by Gasteiger charge is 2.10. The summed E-state index contributed by atoms with van der Waals surface area (Å²) >= 11 is 1.14. The molecule has 0 spiro atoms. The normalized spacial score (nSPS) is 10.6. The molecular formula is C19H15N7O2S. The summed E-state index contributed by atoms with van der Waals surface area (Å²) in [6.45, 7) is 2.13. The maximum atomic E-state index is 12.1. The monoisotopic (exact) mass is 405 g/mol. The second-order valence-electron chi connectivity index (χ2n) is 6.10. The summed E-state index contributed by atoms with van der Waals surface area (Å²) in [6.07, 6.45) is 3.37. The minimum atomic E-state index is -0.195. The van der Waals surface area contributed by atoms with Crippen molar-refractivity contribution in [3.63, 3.8) is 0 Å². The van der Waals surface area contributed by atoms with Crippen molar-refractivity contribution in [1.29, 1.82) is 5.26 Å². The van der Waals surface area contributed by atoms with Crippen LogP contribution in [0.25, 0.3) is 22.2 Å². The van der Waals surface area contributed by atoms with Crippen molar-refractivity contribution in [2.75, 3.05) is 17.2 Å². The van der Waals surface area contributed by atoms with Crippen molar-refractivity contribution in [2.45, 2.75) is 13.3 Å². The number of nitrogens with zero attached hydrogens (tertiary/aromatic N) is 5. The van der Waals surface area contributed by atoms with Crippen molar-refractivity contribution < 1.29 is 9.32 Å². The van der Waals surface area contributed by atoms with Gasteiger partial charge in [-0.1, -0.05) is 28.6 Å². The Morgan fingerprint density at radius 2 is 2.21 bits per heavy atom. The molecule has 0 saturated carbocycles. The first-order valence-electron chi connectivity index (χ1n) is 8.71. The number of fused-ring (bicyclic) bond motifs is 1. The molecule has 0 aliphatic heterocycles. The molecule has 144 valence electrons. The van der Waals surface area contributed by atoms with Crippen LogP contribution in [0.15, 0.2) is 41.2 Å². The molecule has 0 aliphatic carbocycles. The number of benzene rings is 1. The number of carbonyl (C=O) groups is 1. The zero-order chi connectivity index (χ0) is 20.2. The summed E-state index contributed by atoms with van der Waals surface area (Å²) in [5, 5.41) is 21.0. The molecule has 3 heterocycles. The average molecular weight is 405 g/mol. The van der Waals surface area contributed by atoms with Gasteiger partial charge in [-0.25, -0.2) is 9.97 Å². The topological polar surface area (TPSA) is 130 Å². The fraction of sp³-hybridized carbons (Fsp3) is 0.158. The predicted molar refractivity (Wildman–Crippen MR) is 108 cm³/mol. The Kier molecular flexibility index (Phi) is 5.13. The van der Waals surface area contributed by atoms with Crippen molar-refractivity contribution in [1.82, 2.24) is 20.1 Å². The number of nitriles is 1. The van der Waals surface area contributed by atoms with Crippen LogP contribution in [0.3, 0.4) is 0 Å². The maximum absolute atomic E-state index is 12.1. The van der Waals surface area contributed by atoms with E-state index in [9.17, 15) is 4.79 Å². The van der Waals surface area contributed by atoms with Crippen LogP contribution >= 0.6 is 11.3 Å². The maximum Gasteiger partial charge on any atom is 0.227 e. The quantitative estimate of drug-likeness (QED) is 0.499. The van der Waals surface area contributed by atoms with Crippen LogP contribution < -0.4 is 10.6 Å². The van der Waals surface area contributed by atoms with Crippen molar-refractivity contribution >= 4 is 39.0 Å². The number of rotatable bonds is 6. The molecule has 4 aromatic rings. The third-order valence-corrected chi connectivity index (χ3v) is 4.88. The number of anilines is 2. The van der Waals surface area contributed by atoms with E-state index in [1.807, 2.05) is 30.3 Å². The molecule has 0 radical (unpaired) electrons. The molecular weight excluding hydrogens is 390 g/mol. The van der Waals surface area contributed by atoms with Crippen LogP contribution in [0.4, 0.5) is 10.9 Å². The molecule has 2 N–H and O–H groups in total. The lowest BCUT2D eigenvalue weighted by Gasteiger charge is -2.09. The van der Waals surface area contributed by atoms with Gasteiger partial charge in [0.25, 0.3) is 0 Å². The van der Waals surface area contributed by atoms with Crippen LogP contribution in [0, 0.1) is 18.3 Å². The Labute approximate surface area is 169 Å². The van der Waals surface area contributed by atoms with E-state index in [2.05, 4.69) is 30.7 Å². The second-order valence-corrected chi connectivity index (χ2v) is 7.13. The molecule has 9 nitrogen and oxygen atoms in total. The first-order chi connectivity index (χ1) is 14.1. The number of hydrogen-bond donors (Lipinski definition) is 2. The molecule has 0 bridgehead atoms. The van der Waals surface area contributed by atoms with Gasteiger partial charge in [-0.2, -0.15) is 10.2 Å². The van der Waals surface area contributed by atoms with E-state index in [0.717, 1.165) is 27.7 Å². The minimum Gasteiger partial charge on any atom is -0.369 e. The van der Waals surface area contributed by atoms with Crippen LogP contribution in [-0.2, 0) is 4.79 Å². The largest absolute Gasteiger partial charge is 0.369 e. The summed E-state index contributed by atoms with van der Waals surface area (Å²) in [5.41, 5.74) is 0.820. The summed E-state index contributed by atoms with van der Waals surface area (Å²) in [6, 6.07) is 9.73. The van der Waals surface area contributed by atoms with E-state index in [1.165, 1.54) is 6.20 Å². The van der Waals surface area contributed by atoms with Crippen LogP contribution in [0.2, 0.25) is 0 Å². The number of aromatic nitrogens is 4. The van der Waals surface area contributed by atoms with Gasteiger partial charge < -0.3 is 15.2 Å². The van der Waals surface area contributed by atoms with Gasteiger partial charge in [-0.3, -0.25) is 4.79 Å². The summed E-state index contributed by atoms with van der Waals surface area (Å²) in [4.78, 5) is 25.2. The first-order valence-corrected chi connectivity index (χ1v) is 9.53. The fourth-order valence-corrected chi connectivity index (χ4v) is 3.35. The third kappa shape index (κ3) is 4.20. The number of thiazole rings is 1. The van der Waals surface area contributed by atoms with Crippen molar-refractivity contribution in [3.05, 3.63) is 47.4 Å². The van der Waals surface area contributed by atoms with E-state index >= 15 is 0 Å².